The van der Waals surface area contributed by atoms with Crippen LogP contribution in [0.25, 0.3) is 0 Å². The van der Waals surface area contributed by atoms with Gasteiger partial charge in [0, 0.05) is 13.1 Å². The highest BCUT2D eigenvalue weighted by Gasteiger charge is 2.45. The van der Waals surface area contributed by atoms with Crippen LogP contribution in [-0.2, 0) is 16.6 Å². The zero-order valence-electron chi connectivity index (χ0n) is 12.3. The van der Waals surface area contributed by atoms with Crippen molar-refractivity contribution in [1.82, 2.24) is 10.0 Å². The molecular formula is C14H20ClFN2O2S. The topological polar surface area (TPSA) is 58.2 Å². The highest BCUT2D eigenvalue weighted by molar-refractivity contribution is 7.89. The largest absolute Gasteiger partial charge is 0.316 e. The molecule has 1 fully saturated rings. The summed E-state index contributed by atoms with van der Waals surface area (Å²) >= 11 is 5.84. The third kappa shape index (κ3) is 3.74. The van der Waals surface area contributed by atoms with Crippen LogP contribution >= 0.6 is 11.6 Å². The summed E-state index contributed by atoms with van der Waals surface area (Å²) < 4.78 is 40.8. The normalized spacial score (nSPS) is 20.5. The Labute approximate surface area is 130 Å². The van der Waals surface area contributed by atoms with Crippen molar-refractivity contribution in [3.05, 3.63) is 28.5 Å². The van der Waals surface area contributed by atoms with Crippen molar-refractivity contribution in [1.29, 1.82) is 0 Å². The number of halogens is 2. The summed E-state index contributed by atoms with van der Waals surface area (Å²) in [7, 11) is -2.04. The van der Waals surface area contributed by atoms with Gasteiger partial charge < -0.3 is 5.32 Å². The van der Waals surface area contributed by atoms with Gasteiger partial charge in [-0.15, -0.1) is 0 Å². The molecule has 0 aromatic heterocycles. The van der Waals surface area contributed by atoms with Crippen molar-refractivity contribution in [3.63, 3.8) is 0 Å². The molecule has 0 aliphatic heterocycles. The third-order valence-electron chi connectivity index (χ3n) is 3.99. The summed E-state index contributed by atoms with van der Waals surface area (Å²) in [5.41, 5.74) is 0.608. The molecule has 1 aromatic carbocycles. The van der Waals surface area contributed by atoms with E-state index in [0.717, 1.165) is 12.5 Å². The molecule has 7 heteroatoms. The van der Waals surface area contributed by atoms with Gasteiger partial charge in [0.05, 0.1) is 9.92 Å². The number of hydrogen-bond donors (Lipinski definition) is 2. The maximum absolute atomic E-state index is 13.8. The SMILES string of the molecule is CNCc1cc(S(=O)(=O)NCC2CC2(C)C)cc(F)c1Cl. The average Bonchev–Trinajstić information content (AvgIpc) is 3.00. The summed E-state index contributed by atoms with van der Waals surface area (Å²) in [6, 6.07) is 2.37. The average molecular weight is 335 g/mol. The second-order valence-corrected chi connectivity index (χ2v) is 8.29. The molecule has 0 bridgehead atoms. The van der Waals surface area contributed by atoms with E-state index in [-0.39, 0.29) is 15.3 Å². The second-order valence-electron chi connectivity index (χ2n) is 6.15. The molecule has 0 radical (unpaired) electrons. The summed E-state index contributed by atoms with van der Waals surface area (Å²) in [6.07, 6.45) is 0.996. The third-order valence-corrected chi connectivity index (χ3v) is 5.82. The highest BCUT2D eigenvalue weighted by Crippen LogP contribution is 2.51. The lowest BCUT2D eigenvalue weighted by atomic mass is 10.1. The fourth-order valence-electron chi connectivity index (χ4n) is 2.31. The van der Waals surface area contributed by atoms with E-state index >= 15 is 0 Å². The molecule has 1 aliphatic rings. The molecule has 2 N–H and O–H groups in total. The van der Waals surface area contributed by atoms with Crippen LogP contribution in [0.3, 0.4) is 0 Å². The summed E-state index contributed by atoms with van der Waals surface area (Å²) in [5, 5.41) is 2.79. The summed E-state index contributed by atoms with van der Waals surface area (Å²) in [6.45, 7) is 4.87. The summed E-state index contributed by atoms with van der Waals surface area (Å²) in [4.78, 5) is -0.0897. The van der Waals surface area contributed by atoms with Crippen LogP contribution in [0, 0.1) is 17.2 Å². The Bertz CT molecular complexity index is 647. The van der Waals surface area contributed by atoms with E-state index in [9.17, 15) is 12.8 Å². The van der Waals surface area contributed by atoms with E-state index < -0.39 is 15.8 Å². The minimum Gasteiger partial charge on any atom is -0.316 e. The standard InChI is InChI=1S/C14H20ClFN2O2S/c1-14(2)6-10(14)8-18-21(19,20)11-4-9(7-17-3)13(15)12(16)5-11/h4-5,10,17-18H,6-8H2,1-3H3. The van der Waals surface area contributed by atoms with Crippen molar-refractivity contribution < 1.29 is 12.8 Å². The van der Waals surface area contributed by atoms with Crippen LogP contribution in [0.2, 0.25) is 5.02 Å². The molecule has 1 aliphatic carbocycles. The Morgan fingerprint density at radius 1 is 1.43 bits per heavy atom. The minimum absolute atomic E-state index is 0.0494. The second kappa shape index (κ2) is 5.83. The maximum atomic E-state index is 13.8. The Morgan fingerprint density at radius 2 is 2.05 bits per heavy atom. The number of sulfonamides is 1. The Hall–Kier alpha value is -0.690. The Kier molecular flexibility index (Phi) is 4.63. The van der Waals surface area contributed by atoms with E-state index in [1.54, 1.807) is 7.05 Å². The van der Waals surface area contributed by atoms with Gasteiger partial charge in [-0.3, -0.25) is 0 Å². The van der Waals surface area contributed by atoms with E-state index in [0.29, 0.717) is 24.6 Å². The number of hydrogen-bond acceptors (Lipinski definition) is 3. The lowest BCUT2D eigenvalue weighted by molar-refractivity contribution is 0.536. The predicted octanol–water partition coefficient (Wildman–Crippen LogP) is 2.52. The molecule has 1 saturated carbocycles. The van der Waals surface area contributed by atoms with Gasteiger partial charge in [-0.25, -0.2) is 17.5 Å². The van der Waals surface area contributed by atoms with Gasteiger partial charge in [-0.2, -0.15) is 0 Å². The highest BCUT2D eigenvalue weighted by atomic mass is 35.5. The molecule has 118 valence electrons. The van der Waals surface area contributed by atoms with Gasteiger partial charge in [-0.05, 0) is 42.5 Å². The van der Waals surface area contributed by atoms with E-state index in [4.69, 9.17) is 11.6 Å². The van der Waals surface area contributed by atoms with Gasteiger partial charge in [0.1, 0.15) is 5.82 Å². The van der Waals surface area contributed by atoms with E-state index in [2.05, 4.69) is 23.9 Å². The molecule has 21 heavy (non-hydrogen) atoms. The molecule has 0 saturated heterocycles. The monoisotopic (exact) mass is 334 g/mol. The molecular weight excluding hydrogens is 315 g/mol. The molecule has 4 nitrogen and oxygen atoms in total. The van der Waals surface area contributed by atoms with Crippen LogP contribution < -0.4 is 10.0 Å². The fourth-order valence-corrected chi connectivity index (χ4v) is 3.63. The first-order chi connectivity index (χ1) is 9.67. The number of benzene rings is 1. The Balaban J connectivity index is 2.19. The zero-order chi connectivity index (χ0) is 15.8. The van der Waals surface area contributed by atoms with E-state index in [1.807, 2.05) is 0 Å². The van der Waals surface area contributed by atoms with Crippen LogP contribution in [0.1, 0.15) is 25.8 Å². The van der Waals surface area contributed by atoms with Crippen molar-refractivity contribution in [2.24, 2.45) is 11.3 Å². The molecule has 2 rings (SSSR count). The van der Waals surface area contributed by atoms with Crippen LogP contribution in [0.4, 0.5) is 4.39 Å². The predicted molar refractivity (Wildman–Crippen MR) is 81.3 cm³/mol. The zero-order valence-corrected chi connectivity index (χ0v) is 13.9. The molecule has 1 atom stereocenters. The van der Waals surface area contributed by atoms with Crippen molar-refractivity contribution in [2.75, 3.05) is 13.6 Å². The fraction of sp³-hybridized carbons (Fsp3) is 0.571. The molecule has 1 unspecified atom stereocenters. The molecule has 0 spiro atoms. The van der Waals surface area contributed by atoms with Crippen molar-refractivity contribution in [3.8, 4) is 0 Å². The van der Waals surface area contributed by atoms with Crippen molar-refractivity contribution >= 4 is 21.6 Å². The van der Waals surface area contributed by atoms with Crippen LogP contribution in [0.5, 0.6) is 0 Å². The molecule has 0 amide bonds. The maximum Gasteiger partial charge on any atom is 0.240 e. The molecule has 1 aromatic rings. The van der Waals surface area contributed by atoms with Crippen LogP contribution in [-0.4, -0.2) is 22.0 Å². The smallest absolute Gasteiger partial charge is 0.240 e. The molecule has 0 heterocycles. The van der Waals surface area contributed by atoms with Gasteiger partial charge >= 0.3 is 0 Å². The lowest BCUT2D eigenvalue weighted by Gasteiger charge is -2.11. The number of nitrogens with one attached hydrogen (secondary N) is 2. The first-order valence-corrected chi connectivity index (χ1v) is 8.65. The first-order valence-electron chi connectivity index (χ1n) is 6.79. The van der Waals surface area contributed by atoms with E-state index in [1.165, 1.54) is 6.07 Å². The Morgan fingerprint density at radius 3 is 2.57 bits per heavy atom. The van der Waals surface area contributed by atoms with Gasteiger partial charge in [0.2, 0.25) is 10.0 Å². The van der Waals surface area contributed by atoms with Crippen LogP contribution in [0.15, 0.2) is 17.0 Å². The summed E-state index contributed by atoms with van der Waals surface area (Å²) in [5.74, 6) is -0.391. The minimum atomic E-state index is -3.72. The number of rotatable bonds is 6. The van der Waals surface area contributed by atoms with Crippen molar-refractivity contribution in [2.45, 2.75) is 31.7 Å². The quantitative estimate of drug-likeness (QED) is 0.840. The van der Waals surface area contributed by atoms with Gasteiger partial charge in [0.15, 0.2) is 0 Å². The van der Waals surface area contributed by atoms with Gasteiger partial charge in [-0.1, -0.05) is 25.4 Å². The van der Waals surface area contributed by atoms with Gasteiger partial charge in [0.25, 0.3) is 0 Å². The lowest BCUT2D eigenvalue weighted by Crippen LogP contribution is -2.27. The first kappa shape index (κ1) is 16.7.